The number of ether oxygens (including phenoxy) is 1. The number of hydrogen-bond acceptors (Lipinski definition) is 11. The zero-order valence-electron chi connectivity index (χ0n) is 23.4. The molecule has 0 bridgehead atoms. The number of thioether (sulfide) groups is 1. The van der Waals surface area contributed by atoms with E-state index in [2.05, 4.69) is 31.4 Å². The lowest BCUT2D eigenvalue weighted by atomic mass is 10.1. The standard InChI is InChI=1S/C26H25BrClN7O7S2/c1-26(2,3)41-24(40)20(18-21(27)44-25(29)32-18)42-30-9-14(36)31-22-13(19(23(38)39)35-16(37)8-17(35)43-22)11-34-7-6-33-10-12(28)4-5-15(33)34/h4-7,9-10,17,20,22H,8,11H2,1-3H3,(H3-,29,31,32,36,38,39)/p+1/b30-9-/t17-,20?,22?/m0/s1. The number of imidazole rings is 1. The van der Waals surface area contributed by atoms with Gasteiger partial charge in [-0.05, 0) is 42.8 Å². The molecule has 0 saturated carbocycles. The number of amides is 2. The fourth-order valence-electron chi connectivity index (χ4n) is 4.55. The molecule has 1 fully saturated rings. The van der Waals surface area contributed by atoms with Crippen LogP contribution in [0.3, 0.4) is 0 Å². The summed E-state index contributed by atoms with van der Waals surface area (Å²) in [6, 6.07) is 3.47. The van der Waals surface area contributed by atoms with Crippen molar-refractivity contribution in [3.63, 3.8) is 0 Å². The van der Waals surface area contributed by atoms with Crippen LogP contribution in [0, 0.1) is 0 Å². The van der Waals surface area contributed by atoms with Crippen LogP contribution < -0.4 is 15.6 Å². The number of anilines is 1. The maximum absolute atomic E-state index is 13.1. The van der Waals surface area contributed by atoms with Crippen molar-refractivity contribution in [1.82, 2.24) is 19.6 Å². The predicted octanol–water partition coefficient (Wildman–Crippen LogP) is 2.85. The number of β-lactam (4-membered cyclic amide) rings is 1. The number of hydrogen-bond donors (Lipinski definition) is 3. The van der Waals surface area contributed by atoms with E-state index >= 15 is 0 Å². The molecule has 232 valence electrons. The lowest BCUT2D eigenvalue weighted by molar-refractivity contribution is -0.662. The van der Waals surface area contributed by atoms with Crippen LogP contribution in [0.1, 0.15) is 39.0 Å². The molecule has 2 aliphatic rings. The number of carboxylic acid groups (broad SMARTS) is 1. The van der Waals surface area contributed by atoms with Gasteiger partial charge in [-0.1, -0.05) is 28.1 Å². The first kappa shape index (κ1) is 31.7. The summed E-state index contributed by atoms with van der Waals surface area (Å²) in [5.74, 6) is -3.15. The summed E-state index contributed by atoms with van der Waals surface area (Å²) in [4.78, 5) is 61.5. The first-order chi connectivity index (χ1) is 20.7. The molecule has 5 heterocycles. The average molecular weight is 728 g/mol. The third-order valence-corrected chi connectivity index (χ3v) is 9.50. The lowest BCUT2D eigenvalue weighted by Crippen LogP contribution is -2.58. The van der Waals surface area contributed by atoms with Crippen LogP contribution in [0.5, 0.6) is 0 Å². The van der Waals surface area contributed by atoms with Crippen molar-refractivity contribution in [2.45, 2.75) is 56.2 Å². The molecule has 2 aliphatic heterocycles. The van der Waals surface area contributed by atoms with Gasteiger partial charge in [0.15, 0.2) is 5.13 Å². The molecule has 1 saturated heterocycles. The summed E-state index contributed by atoms with van der Waals surface area (Å²) in [6.45, 7) is 5.09. The normalized spacial score (nSPS) is 19.1. The maximum Gasteiger partial charge on any atom is 0.357 e. The number of aliphatic carboxylic acids is 1. The van der Waals surface area contributed by atoms with Gasteiger partial charge in [0.1, 0.15) is 53.7 Å². The Morgan fingerprint density at radius 3 is 2.77 bits per heavy atom. The third-order valence-electron chi connectivity index (χ3n) is 6.33. The Kier molecular flexibility index (Phi) is 8.93. The number of nitrogen functional groups attached to an aromatic ring is 1. The summed E-state index contributed by atoms with van der Waals surface area (Å²) in [6.07, 6.45) is 4.71. The molecule has 0 aromatic carbocycles. The highest BCUT2D eigenvalue weighted by Crippen LogP contribution is 2.43. The number of esters is 1. The molecule has 2 amide bonds. The topological polar surface area (TPSA) is 182 Å². The van der Waals surface area contributed by atoms with Crippen molar-refractivity contribution in [1.29, 1.82) is 0 Å². The summed E-state index contributed by atoms with van der Waals surface area (Å²) in [5.41, 5.74) is 5.86. The van der Waals surface area contributed by atoms with E-state index < -0.39 is 40.3 Å². The molecule has 0 aliphatic carbocycles. The number of carbonyl (C=O) groups is 4. The predicted molar refractivity (Wildman–Crippen MR) is 164 cm³/mol. The maximum atomic E-state index is 13.1. The second-order valence-electron chi connectivity index (χ2n) is 10.6. The number of pyridine rings is 1. The van der Waals surface area contributed by atoms with Gasteiger partial charge in [0.25, 0.3) is 17.7 Å². The number of carbonyl (C=O) groups excluding carboxylic acids is 3. The van der Waals surface area contributed by atoms with Crippen molar-refractivity contribution >= 4 is 91.4 Å². The van der Waals surface area contributed by atoms with Crippen LogP contribution in [-0.2, 0) is 35.3 Å². The number of nitrogens with one attached hydrogen (secondary N) is 1. The average Bonchev–Trinajstić information content (AvgIpc) is 3.46. The van der Waals surface area contributed by atoms with E-state index in [1.54, 1.807) is 60.5 Å². The Morgan fingerprint density at radius 1 is 1.39 bits per heavy atom. The zero-order valence-corrected chi connectivity index (χ0v) is 27.4. The number of carboxylic acids is 1. The molecule has 44 heavy (non-hydrogen) atoms. The second kappa shape index (κ2) is 12.4. The first-order valence-corrected chi connectivity index (χ1v) is 15.9. The molecule has 0 radical (unpaired) electrons. The van der Waals surface area contributed by atoms with E-state index in [0.29, 0.717) is 14.5 Å². The number of aromatic nitrogens is 3. The van der Waals surface area contributed by atoms with E-state index in [0.717, 1.165) is 17.6 Å². The van der Waals surface area contributed by atoms with Crippen LogP contribution in [0.4, 0.5) is 5.13 Å². The van der Waals surface area contributed by atoms with Crippen molar-refractivity contribution in [3.05, 3.63) is 56.5 Å². The van der Waals surface area contributed by atoms with E-state index in [1.165, 1.54) is 16.7 Å². The first-order valence-electron chi connectivity index (χ1n) is 13.0. The molecular weight excluding hydrogens is 702 g/mol. The fraction of sp³-hybridized carbons (Fsp3) is 0.346. The van der Waals surface area contributed by atoms with Crippen LogP contribution in [0.15, 0.2) is 50.9 Å². The van der Waals surface area contributed by atoms with E-state index in [9.17, 15) is 24.3 Å². The number of thiazole rings is 1. The number of nitrogens with two attached hydrogens (primary N) is 1. The van der Waals surface area contributed by atoms with Gasteiger partial charge in [-0.3, -0.25) is 14.5 Å². The van der Waals surface area contributed by atoms with Gasteiger partial charge in [-0.2, -0.15) is 0 Å². The number of halogens is 2. The molecule has 4 N–H and O–H groups in total. The zero-order chi connectivity index (χ0) is 31.9. The van der Waals surface area contributed by atoms with Crippen LogP contribution in [0.2, 0.25) is 5.02 Å². The highest BCUT2D eigenvalue weighted by molar-refractivity contribution is 9.11. The van der Waals surface area contributed by atoms with Crippen molar-refractivity contribution < 1.29 is 38.4 Å². The molecule has 2 unspecified atom stereocenters. The Bertz CT molecular complexity index is 1730. The molecular formula is C26H26BrClN7O7S2+. The van der Waals surface area contributed by atoms with Crippen LogP contribution >= 0.6 is 50.6 Å². The summed E-state index contributed by atoms with van der Waals surface area (Å²) in [5, 5.41) is 16.0. The molecule has 3 aromatic rings. The largest absolute Gasteiger partial charge is 0.477 e. The van der Waals surface area contributed by atoms with Gasteiger partial charge in [-0.25, -0.2) is 23.5 Å². The number of rotatable bonds is 9. The number of oxime groups is 1. The van der Waals surface area contributed by atoms with Crippen molar-refractivity contribution in [3.8, 4) is 0 Å². The molecule has 0 spiro atoms. The van der Waals surface area contributed by atoms with E-state index in [4.69, 9.17) is 26.9 Å². The summed E-state index contributed by atoms with van der Waals surface area (Å²) < 4.78 is 9.40. The van der Waals surface area contributed by atoms with Gasteiger partial charge < -0.3 is 25.7 Å². The fourth-order valence-corrected chi connectivity index (χ4v) is 7.53. The Hall–Kier alpha value is -3.67. The molecule has 3 aromatic heterocycles. The Balaban J connectivity index is 1.39. The SMILES string of the molecule is CC(C)(C)OC(=O)C(O/N=C\C(=O)NC1S[C@H]2CC(=O)N2C(C(=O)O)=C1C[n+]1ccn2cc(Cl)ccc21)c1nc(N)sc1Br. The highest BCUT2D eigenvalue weighted by atomic mass is 79.9. The smallest absolute Gasteiger partial charge is 0.357 e. The Morgan fingerprint density at radius 2 is 2.14 bits per heavy atom. The van der Waals surface area contributed by atoms with Gasteiger partial charge in [0.2, 0.25) is 5.91 Å². The molecule has 3 atom stereocenters. The quantitative estimate of drug-likeness (QED) is 0.0975. The van der Waals surface area contributed by atoms with E-state index in [1.807, 2.05) is 0 Å². The minimum Gasteiger partial charge on any atom is -0.477 e. The molecule has 18 heteroatoms. The van der Waals surface area contributed by atoms with Crippen LogP contribution in [-0.4, -0.2) is 65.7 Å². The minimum atomic E-state index is -1.43. The van der Waals surface area contributed by atoms with Gasteiger partial charge >= 0.3 is 11.9 Å². The van der Waals surface area contributed by atoms with Gasteiger partial charge in [0, 0.05) is 11.6 Å². The van der Waals surface area contributed by atoms with Crippen LogP contribution in [0.25, 0.3) is 5.65 Å². The minimum absolute atomic E-state index is 0.0435. The molecule has 14 nitrogen and oxygen atoms in total. The third kappa shape index (κ3) is 6.69. The lowest BCUT2D eigenvalue weighted by Gasteiger charge is -2.46. The summed E-state index contributed by atoms with van der Waals surface area (Å²) >= 11 is 11.7. The monoisotopic (exact) mass is 726 g/mol. The van der Waals surface area contributed by atoms with E-state index in [-0.39, 0.29) is 41.0 Å². The summed E-state index contributed by atoms with van der Waals surface area (Å²) in [7, 11) is 0. The van der Waals surface area contributed by atoms with Crippen molar-refractivity contribution in [2.24, 2.45) is 5.16 Å². The number of nitrogens with zero attached hydrogens (tertiary/aromatic N) is 5. The number of fused-ring (bicyclic) bond motifs is 2. The highest BCUT2D eigenvalue weighted by Gasteiger charge is 2.49. The van der Waals surface area contributed by atoms with Gasteiger partial charge in [0.05, 0.1) is 20.6 Å². The second-order valence-corrected chi connectivity index (χ2v) is 14.7. The Labute approximate surface area is 271 Å². The molecule has 5 rings (SSSR count). The van der Waals surface area contributed by atoms with Crippen molar-refractivity contribution in [2.75, 3.05) is 5.73 Å². The van der Waals surface area contributed by atoms with Gasteiger partial charge in [-0.15, -0.1) is 11.8 Å².